The van der Waals surface area contributed by atoms with Crippen molar-refractivity contribution in [2.75, 3.05) is 0 Å². The minimum Gasteiger partial charge on any atom is -0.475 e. The van der Waals surface area contributed by atoms with Crippen LogP contribution in [0.4, 0.5) is 0 Å². The second-order valence-corrected chi connectivity index (χ2v) is 3.98. The number of carbonyl (C=O) groups is 1. The molecule has 2 N–H and O–H groups in total. The van der Waals surface area contributed by atoms with Gasteiger partial charge in [0.05, 0.1) is 6.04 Å². The molecule has 0 bridgehead atoms. The number of fused-ring (bicyclic) bond motifs is 1. The molecule has 92 valence electrons. The minimum atomic E-state index is -1.07. The highest BCUT2D eigenvalue weighted by Gasteiger charge is 2.19. The average molecular weight is 243 g/mol. The molecule has 2 aromatic rings. The predicted molar refractivity (Wildman–Crippen MR) is 68.3 cm³/mol. The maximum Gasteiger partial charge on any atom is 0.372 e. The van der Waals surface area contributed by atoms with E-state index in [2.05, 4.69) is 11.2 Å². The predicted octanol–water partition coefficient (Wildman–Crippen LogP) is 2.24. The number of terminal acetylenes is 1. The summed E-state index contributed by atoms with van der Waals surface area (Å²) in [7, 11) is 0. The summed E-state index contributed by atoms with van der Waals surface area (Å²) in [5.41, 5.74) is 1.19. The monoisotopic (exact) mass is 243 g/mol. The Kier molecular flexibility index (Phi) is 3.35. The molecule has 1 aromatic carbocycles. The SMILES string of the molecule is C#CC(C)NCc1c(C(=O)O)oc2ccccc12. The summed E-state index contributed by atoms with van der Waals surface area (Å²) in [5.74, 6) is 1.43. The number of aromatic carboxylic acids is 1. The smallest absolute Gasteiger partial charge is 0.372 e. The van der Waals surface area contributed by atoms with Crippen LogP contribution in [0.2, 0.25) is 0 Å². The molecular weight excluding hydrogens is 230 g/mol. The second kappa shape index (κ2) is 4.94. The summed E-state index contributed by atoms with van der Waals surface area (Å²) in [6.07, 6.45) is 5.27. The van der Waals surface area contributed by atoms with E-state index >= 15 is 0 Å². The quantitative estimate of drug-likeness (QED) is 0.808. The Morgan fingerprint density at radius 1 is 1.56 bits per heavy atom. The third kappa shape index (κ3) is 2.22. The lowest BCUT2D eigenvalue weighted by molar-refractivity contribution is 0.0663. The number of carboxylic acid groups (broad SMARTS) is 1. The fraction of sp³-hybridized carbons (Fsp3) is 0.214. The van der Waals surface area contributed by atoms with Crippen LogP contribution in [0.3, 0.4) is 0 Å². The van der Waals surface area contributed by atoms with Crippen LogP contribution in [0.25, 0.3) is 11.0 Å². The lowest BCUT2D eigenvalue weighted by Crippen LogP contribution is -2.24. The summed E-state index contributed by atoms with van der Waals surface area (Å²) < 4.78 is 5.34. The van der Waals surface area contributed by atoms with Crippen LogP contribution in [0.1, 0.15) is 23.0 Å². The first-order valence-electron chi connectivity index (χ1n) is 5.56. The van der Waals surface area contributed by atoms with Gasteiger partial charge in [-0.15, -0.1) is 6.42 Å². The van der Waals surface area contributed by atoms with Crippen LogP contribution >= 0.6 is 0 Å². The van der Waals surface area contributed by atoms with Crippen LogP contribution < -0.4 is 5.32 Å². The lowest BCUT2D eigenvalue weighted by atomic mass is 10.1. The largest absolute Gasteiger partial charge is 0.475 e. The Balaban J connectivity index is 2.43. The van der Waals surface area contributed by atoms with Gasteiger partial charge in [-0.25, -0.2) is 4.79 Å². The summed E-state index contributed by atoms with van der Waals surface area (Å²) in [5, 5.41) is 13.0. The molecule has 0 radical (unpaired) electrons. The van der Waals surface area contributed by atoms with Gasteiger partial charge in [-0.3, -0.25) is 5.32 Å². The summed E-state index contributed by atoms with van der Waals surface area (Å²) >= 11 is 0. The molecule has 0 aliphatic rings. The van der Waals surface area contributed by atoms with E-state index in [-0.39, 0.29) is 11.8 Å². The molecule has 1 atom stereocenters. The molecule has 0 amide bonds. The summed E-state index contributed by atoms with van der Waals surface area (Å²) in [6, 6.07) is 7.11. The summed E-state index contributed by atoms with van der Waals surface area (Å²) in [6.45, 7) is 2.20. The zero-order valence-corrected chi connectivity index (χ0v) is 9.93. The van der Waals surface area contributed by atoms with Crippen molar-refractivity contribution in [2.45, 2.75) is 19.5 Å². The van der Waals surface area contributed by atoms with E-state index in [9.17, 15) is 4.79 Å². The van der Waals surface area contributed by atoms with Gasteiger partial charge >= 0.3 is 5.97 Å². The van der Waals surface area contributed by atoms with Gasteiger partial charge in [-0.05, 0) is 13.0 Å². The van der Waals surface area contributed by atoms with Gasteiger partial charge in [0.15, 0.2) is 0 Å². The molecule has 18 heavy (non-hydrogen) atoms. The van der Waals surface area contributed by atoms with Crippen molar-refractivity contribution in [3.05, 3.63) is 35.6 Å². The van der Waals surface area contributed by atoms with Crippen molar-refractivity contribution in [1.82, 2.24) is 5.32 Å². The van der Waals surface area contributed by atoms with Gasteiger partial charge in [-0.2, -0.15) is 0 Å². The van der Waals surface area contributed by atoms with E-state index in [1.54, 1.807) is 12.1 Å². The Morgan fingerprint density at radius 2 is 2.28 bits per heavy atom. The highest BCUT2D eigenvalue weighted by molar-refractivity contribution is 5.95. The van der Waals surface area contributed by atoms with Gasteiger partial charge in [0.1, 0.15) is 5.58 Å². The van der Waals surface area contributed by atoms with Gasteiger partial charge < -0.3 is 9.52 Å². The van der Waals surface area contributed by atoms with Crippen LogP contribution in [-0.2, 0) is 6.54 Å². The third-order valence-corrected chi connectivity index (χ3v) is 2.73. The van der Waals surface area contributed by atoms with Crippen LogP contribution in [0.5, 0.6) is 0 Å². The zero-order chi connectivity index (χ0) is 13.1. The van der Waals surface area contributed by atoms with Crippen molar-refractivity contribution in [2.24, 2.45) is 0 Å². The molecular formula is C14H13NO3. The maximum atomic E-state index is 11.1. The second-order valence-electron chi connectivity index (χ2n) is 3.98. The first kappa shape index (κ1) is 12.2. The van der Waals surface area contributed by atoms with E-state index < -0.39 is 5.97 Å². The van der Waals surface area contributed by atoms with Crippen molar-refractivity contribution in [3.63, 3.8) is 0 Å². The van der Waals surface area contributed by atoms with Crippen LogP contribution in [0.15, 0.2) is 28.7 Å². The molecule has 2 rings (SSSR count). The Morgan fingerprint density at radius 3 is 2.94 bits per heavy atom. The molecule has 0 aliphatic heterocycles. The van der Waals surface area contributed by atoms with Crippen molar-refractivity contribution in [3.8, 4) is 12.3 Å². The highest BCUT2D eigenvalue weighted by atomic mass is 16.4. The van der Waals surface area contributed by atoms with E-state index in [1.165, 1.54) is 0 Å². The number of furan rings is 1. The summed E-state index contributed by atoms with van der Waals surface area (Å²) in [4.78, 5) is 11.1. The lowest BCUT2D eigenvalue weighted by Gasteiger charge is -2.06. The van der Waals surface area contributed by atoms with Crippen molar-refractivity contribution < 1.29 is 14.3 Å². The van der Waals surface area contributed by atoms with Gasteiger partial charge in [-0.1, -0.05) is 24.1 Å². The number of hydrogen-bond acceptors (Lipinski definition) is 3. The standard InChI is InChI=1S/C14H13NO3/c1-3-9(2)15-8-11-10-6-4-5-7-12(10)18-13(11)14(16)17/h1,4-7,9,15H,8H2,2H3,(H,16,17). The van der Waals surface area contributed by atoms with E-state index in [4.69, 9.17) is 15.9 Å². The highest BCUT2D eigenvalue weighted by Crippen LogP contribution is 2.25. The molecule has 1 heterocycles. The molecule has 4 nitrogen and oxygen atoms in total. The zero-order valence-electron chi connectivity index (χ0n) is 9.93. The molecule has 0 saturated heterocycles. The first-order valence-corrected chi connectivity index (χ1v) is 5.56. The number of rotatable bonds is 4. The fourth-order valence-corrected chi connectivity index (χ4v) is 1.76. The molecule has 1 aromatic heterocycles. The molecule has 0 fully saturated rings. The minimum absolute atomic E-state index is 0.0343. The van der Waals surface area contributed by atoms with E-state index in [0.29, 0.717) is 17.7 Å². The number of hydrogen-bond donors (Lipinski definition) is 2. The number of nitrogens with one attached hydrogen (secondary N) is 1. The number of para-hydroxylation sites is 1. The Hall–Kier alpha value is -2.25. The molecule has 0 spiro atoms. The van der Waals surface area contributed by atoms with Crippen LogP contribution in [-0.4, -0.2) is 17.1 Å². The van der Waals surface area contributed by atoms with Gasteiger partial charge in [0, 0.05) is 17.5 Å². The Bertz CT molecular complexity index is 621. The number of carboxylic acids is 1. The normalized spacial score (nSPS) is 12.2. The van der Waals surface area contributed by atoms with Crippen molar-refractivity contribution >= 4 is 16.9 Å². The Labute approximate surface area is 105 Å². The maximum absolute atomic E-state index is 11.1. The van der Waals surface area contributed by atoms with E-state index in [1.807, 2.05) is 19.1 Å². The number of benzene rings is 1. The fourth-order valence-electron chi connectivity index (χ4n) is 1.76. The van der Waals surface area contributed by atoms with Crippen molar-refractivity contribution in [1.29, 1.82) is 0 Å². The molecule has 4 heteroatoms. The topological polar surface area (TPSA) is 62.5 Å². The van der Waals surface area contributed by atoms with Gasteiger partial charge in [0.25, 0.3) is 0 Å². The average Bonchev–Trinajstić information content (AvgIpc) is 2.75. The third-order valence-electron chi connectivity index (χ3n) is 2.73. The van der Waals surface area contributed by atoms with Gasteiger partial charge in [0.2, 0.25) is 5.76 Å². The molecule has 0 saturated carbocycles. The molecule has 1 unspecified atom stereocenters. The molecule has 0 aliphatic carbocycles. The van der Waals surface area contributed by atoms with Crippen LogP contribution in [0, 0.1) is 12.3 Å². The first-order chi connectivity index (χ1) is 8.63. The van der Waals surface area contributed by atoms with E-state index in [0.717, 1.165) is 5.39 Å².